The predicted octanol–water partition coefficient (Wildman–Crippen LogP) is 3.85. The average Bonchev–Trinajstić information content (AvgIpc) is 2.15. The largest absolute Gasteiger partial charge is 0.311 e. The van der Waals surface area contributed by atoms with Crippen LogP contribution in [0.4, 0.5) is 0 Å². The molecule has 1 rings (SSSR count). The van der Waals surface area contributed by atoms with Gasteiger partial charge in [0, 0.05) is 17.1 Å². The average molecular weight is 268 g/mol. The zero-order valence-electron chi connectivity index (χ0n) is 9.55. The number of benzene rings is 1. The van der Waals surface area contributed by atoms with Crippen molar-refractivity contribution in [2.24, 2.45) is 0 Å². The first-order valence-corrected chi connectivity index (χ1v) is 6.03. The van der Waals surface area contributed by atoms with E-state index in [1.54, 1.807) is 0 Å². The topological polar surface area (TPSA) is 12.0 Å². The molecule has 82 valence electrons. The highest BCUT2D eigenvalue weighted by Crippen LogP contribution is 2.14. The van der Waals surface area contributed by atoms with Crippen LogP contribution in [-0.4, -0.2) is 12.6 Å². The summed E-state index contributed by atoms with van der Waals surface area (Å²) >= 11 is 3.47. The van der Waals surface area contributed by atoms with Crippen LogP contribution in [-0.2, 0) is 0 Å². The summed E-state index contributed by atoms with van der Waals surface area (Å²) in [5.41, 5.74) is 2.59. The molecule has 0 fully saturated rings. The molecule has 0 saturated carbocycles. The molecule has 1 nitrogen and oxygen atoms in total. The molecule has 0 bridgehead atoms. The molecule has 15 heavy (non-hydrogen) atoms. The Morgan fingerprint density at radius 3 is 2.80 bits per heavy atom. The van der Waals surface area contributed by atoms with Crippen LogP contribution in [0, 0.1) is 0 Å². The van der Waals surface area contributed by atoms with E-state index in [2.05, 4.69) is 66.3 Å². The lowest BCUT2D eigenvalue weighted by molar-refractivity contribution is 0.623. The first-order valence-electron chi connectivity index (χ1n) is 5.24. The smallest absolute Gasteiger partial charge is 0.0181 e. The quantitative estimate of drug-likeness (QED) is 0.874. The molecule has 1 aromatic rings. The normalized spacial score (nSPS) is 12.2. The highest BCUT2D eigenvalue weighted by atomic mass is 79.9. The zero-order chi connectivity index (χ0) is 11.3. The summed E-state index contributed by atoms with van der Waals surface area (Å²) in [5, 5.41) is 3.40. The van der Waals surface area contributed by atoms with E-state index in [4.69, 9.17) is 0 Å². The van der Waals surface area contributed by atoms with Crippen molar-refractivity contribution in [3.8, 4) is 0 Å². The van der Waals surface area contributed by atoms with Gasteiger partial charge >= 0.3 is 0 Å². The maximum atomic E-state index is 3.47. The Morgan fingerprint density at radius 1 is 1.47 bits per heavy atom. The van der Waals surface area contributed by atoms with Crippen LogP contribution in [0.3, 0.4) is 0 Å². The van der Waals surface area contributed by atoms with Crippen molar-refractivity contribution in [2.45, 2.75) is 26.8 Å². The number of rotatable bonds is 4. The fourth-order valence-corrected chi connectivity index (χ4v) is 1.71. The molecule has 0 heterocycles. The third-order valence-corrected chi connectivity index (χ3v) is 2.54. The molecule has 1 N–H and O–H groups in total. The molecular formula is C13H18BrN. The number of hydrogen-bond donors (Lipinski definition) is 1. The van der Waals surface area contributed by atoms with Gasteiger partial charge in [0.2, 0.25) is 0 Å². The molecular weight excluding hydrogens is 250 g/mol. The second-order valence-electron chi connectivity index (χ2n) is 4.08. The van der Waals surface area contributed by atoms with E-state index in [0.29, 0.717) is 6.04 Å². The minimum Gasteiger partial charge on any atom is -0.311 e. The molecule has 0 aliphatic heterocycles. The van der Waals surface area contributed by atoms with Gasteiger partial charge in [-0.1, -0.05) is 53.6 Å². The lowest BCUT2D eigenvalue weighted by Gasteiger charge is -2.08. The fourth-order valence-electron chi connectivity index (χ4n) is 1.30. The van der Waals surface area contributed by atoms with Crippen LogP contribution < -0.4 is 5.32 Å². The number of halogens is 1. The molecule has 0 spiro atoms. The maximum absolute atomic E-state index is 3.47. The molecule has 0 radical (unpaired) electrons. The summed E-state index contributed by atoms with van der Waals surface area (Å²) in [5.74, 6) is 0. The second-order valence-corrected chi connectivity index (χ2v) is 5.00. The van der Waals surface area contributed by atoms with Gasteiger partial charge in [-0.25, -0.2) is 0 Å². The van der Waals surface area contributed by atoms with E-state index in [9.17, 15) is 0 Å². The first kappa shape index (κ1) is 12.5. The summed E-state index contributed by atoms with van der Waals surface area (Å²) < 4.78 is 1.13. The van der Waals surface area contributed by atoms with Gasteiger partial charge in [0.1, 0.15) is 0 Å². The van der Waals surface area contributed by atoms with Crippen molar-refractivity contribution in [3.05, 3.63) is 39.9 Å². The van der Waals surface area contributed by atoms with Crippen LogP contribution in [0.2, 0.25) is 0 Å². The highest BCUT2D eigenvalue weighted by Gasteiger charge is 1.95. The minimum absolute atomic E-state index is 0.538. The summed E-state index contributed by atoms with van der Waals surface area (Å²) in [6.45, 7) is 7.42. The van der Waals surface area contributed by atoms with E-state index in [1.807, 2.05) is 6.07 Å². The van der Waals surface area contributed by atoms with Crippen LogP contribution in [0.15, 0.2) is 34.3 Å². The van der Waals surface area contributed by atoms with Gasteiger partial charge in [0.05, 0.1) is 0 Å². The van der Waals surface area contributed by atoms with Gasteiger partial charge in [-0.2, -0.15) is 0 Å². The van der Waals surface area contributed by atoms with E-state index in [1.165, 1.54) is 11.1 Å². The van der Waals surface area contributed by atoms with E-state index in [0.717, 1.165) is 11.0 Å². The van der Waals surface area contributed by atoms with E-state index < -0.39 is 0 Å². The number of hydrogen-bond acceptors (Lipinski definition) is 1. The van der Waals surface area contributed by atoms with Gasteiger partial charge in [-0.3, -0.25) is 0 Å². The molecule has 2 heteroatoms. The Kier molecular flexibility index (Phi) is 5.06. The van der Waals surface area contributed by atoms with Crippen LogP contribution in [0.25, 0.3) is 6.08 Å². The predicted molar refractivity (Wildman–Crippen MR) is 70.9 cm³/mol. The summed E-state index contributed by atoms with van der Waals surface area (Å²) in [6, 6.07) is 8.87. The lowest BCUT2D eigenvalue weighted by Crippen LogP contribution is -2.24. The molecule has 0 amide bonds. The van der Waals surface area contributed by atoms with Crippen molar-refractivity contribution in [1.29, 1.82) is 0 Å². The van der Waals surface area contributed by atoms with Gasteiger partial charge in [0.15, 0.2) is 0 Å². The first-order chi connectivity index (χ1) is 7.08. The van der Waals surface area contributed by atoms with Crippen molar-refractivity contribution in [2.75, 3.05) is 6.54 Å². The van der Waals surface area contributed by atoms with E-state index >= 15 is 0 Å². The molecule has 0 atom stereocenters. The SMILES string of the molecule is CC(=Cc1cccc(Br)c1)CNC(C)C. The van der Waals surface area contributed by atoms with Crippen LogP contribution in [0.5, 0.6) is 0 Å². The van der Waals surface area contributed by atoms with Crippen LogP contribution in [0.1, 0.15) is 26.3 Å². The Hall–Kier alpha value is -0.600. The molecule has 0 aliphatic carbocycles. The monoisotopic (exact) mass is 267 g/mol. The van der Waals surface area contributed by atoms with Crippen molar-refractivity contribution < 1.29 is 0 Å². The molecule has 0 saturated heterocycles. The van der Waals surface area contributed by atoms with Gasteiger partial charge in [-0.05, 0) is 24.6 Å². The Morgan fingerprint density at radius 2 is 2.20 bits per heavy atom. The Labute approximate surface area is 101 Å². The second kappa shape index (κ2) is 6.09. The molecule has 0 unspecified atom stereocenters. The van der Waals surface area contributed by atoms with Crippen molar-refractivity contribution in [1.82, 2.24) is 5.32 Å². The van der Waals surface area contributed by atoms with Crippen molar-refractivity contribution >= 4 is 22.0 Å². The lowest BCUT2D eigenvalue weighted by atomic mass is 10.1. The van der Waals surface area contributed by atoms with Gasteiger partial charge in [-0.15, -0.1) is 0 Å². The van der Waals surface area contributed by atoms with Crippen LogP contribution >= 0.6 is 15.9 Å². The highest BCUT2D eigenvalue weighted by molar-refractivity contribution is 9.10. The van der Waals surface area contributed by atoms with Crippen molar-refractivity contribution in [3.63, 3.8) is 0 Å². The third kappa shape index (κ3) is 5.14. The standard InChI is InChI=1S/C13H18BrN/c1-10(2)15-9-11(3)7-12-5-4-6-13(14)8-12/h4-8,10,15H,9H2,1-3H3. The molecule has 1 aromatic carbocycles. The molecule has 0 aliphatic rings. The number of nitrogens with one attached hydrogen (secondary N) is 1. The maximum Gasteiger partial charge on any atom is 0.0181 e. The minimum atomic E-state index is 0.538. The van der Waals surface area contributed by atoms with Gasteiger partial charge < -0.3 is 5.32 Å². The zero-order valence-corrected chi connectivity index (χ0v) is 11.1. The fraction of sp³-hybridized carbons (Fsp3) is 0.385. The van der Waals surface area contributed by atoms with E-state index in [-0.39, 0.29) is 0 Å². The summed E-state index contributed by atoms with van der Waals surface area (Å²) in [6.07, 6.45) is 2.21. The third-order valence-electron chi connectivity index (χ3n) is 2.05. The Bertz CT molecular complexity index is 342. The molecule has 0 aromatic heterocycles. The summed E-state index contributed by atoms with van der Waals surface area (Å²) in [7, 11) is 0. The summed E-state index contributed by atoms with van der Waals surface area (Å²) in [4.78, 5) is 0. The van der Waals surface area contributed by atoms with Gasteiger partial charge in [0.25, 0.3) is 0 Å². The Balaban J connectivity index is 2.62.